The van der Waals surface area contributed by atoms with Crippen LogP contribution in [0, 0.1) is 11.8 Å². The molecule has 37 heavy (non-hydrogen) atoms. The maximum Gasteiger partial charge on any atom is 0.240 e. The molecule has 0 aromatic heterocycles. The van der Waals surface area contributed by atoms with Crippen LogP contribution in [0.25, 0.3) is 6.08 Å². The summed E-state index contributed by atoms with van der Waals surface area (Å²) < 4.78 is 11.3. The van der Waals surface area contributed by atoms with E-state index >= 15 is 0 Å². The molecule has 3 aromatic rings. The second-order valence-electron chi connectivity index (χ2n) is 9.54. The van der Waals surface area contributed by atoms with E-state index in [1.165, 1.54) is 4.90 Å². The second kappa shape index (κ2) is 8.21. The topological polar surface area (TPSA) is 76.1 Å². The summed E-state index contributed by atoms with van der Waals surface area (Å²) in [5.74, 6) is -1.43. The third-order valence-electron chi connectivity index (χ3n) is 7.64. The maximum atomic E-state index is 14.0. The highest BCUT2D eigenvalue weighted by Gasteiger charge is 2.64. The van der Waals surface area contributed by atoms with Gasteiger partial charge in [0.2, 0.25) is 11.8 Å². The summed E-state index contributed by atoms with van der Waals surface area (Å²) in [7, 11) is 0. The minimum absolute atomic E-state index is 0.219. The summed E-state index contributed by atoms with van der Waals surface area (Å²) in [6.45, 7) is 0.832. The van der Waals surface area contributed by atoms with E-state index < -0.39 is 23.9 Å². The molecule has 4 atom stereocenters. The molecular formula is C29H21ClN2O5. The van der Waals surface area contributed by atoms with Crippen molar-refractivity contribution in [3.63, 3.8) is 0 Å². The Kier molecular flexibility index (Phi) is 4.91. The zero-order valence-electron chi connectivity index (χ0n) is 19.5. The lowest BCUT2D eigenvalue weighted by Crippen LogP contribution is -2.44. The molecule has 0 saturated carbocycles. The van der Waals surface area contributed by atoms with Gasteiger partial charge in [-0.2, -0.15) is 0 Å². The van der Waals surface area contributed by atoms with Gasteiger partial charge in [0.15, 0.2) is 17.3 Å². The quantitative estimate of drug-likeness (QED) is 0.380. The van der Waals surface area contributed by atoms with Crippen molar-refractivity contribution in [3.05, 3.63) is 94.6 Å². The van der Waals surface area contributed by atoms with E-state index in [0.29, 0.717) is 41.0 Å². The van der Waals surface area contributed by atoms with Gasteiger partial charge in [-0.3, -0.25) is 14.4 Å². The highest BCUT2D eigenvalue weighted by molar-refractivity contribution is 6.30. The monoisotopic (exact) mass is 512 g/mol. The number of imide groups is 1. The summed E-state index contributed by atoms with van der Waals surface area (Å²) in [5, 5.41) is 0.516. The maximum absolute atomic E-state index is 14.0. The van der Waals surface area contributed by atoms with Crippen LogP contribution in [0.1, 0.15) is 27.5 Å². The number of carbonyl (C=O) groups is 3. The first kappa shape index (κ1) is 22.1. The van der Waals surface area contributed by atoms with Crippen molar-refractivity contribution < 1.29 is 23.9 Å². The zero-order chi connectivity index (χ0) is 25.3. The Morgan fingerprint density at radius 1 is 0.865 bits per heavy atom. The predicted molar refractivity (Wildman–Crippen MR) is 137 cm³/mol. The normalized spacial score (nSPS) is 25.1. The van der Waals surface area contributed by atoms with Crippen molar-refractivity contribution in [3.8, 4) is 11.5 Å². The van der Waals surface area contributed by atoms with Crippen molar-refractivity contribution in [2.75, 3.05) is 18.1 Å². The van der Waals surface area contributed by atoms with E-state index in [4.69, 9.17) is 21.1 Å². The van der Waals surface area contributed by atoms with E-state index in [1.54, 1.807) is 42.5 Å². The molecule has 3 aromatic carbocycles. The number of amides is 2. The van der Waals surface area contributed by atoms with E-state index in [2.05, 4.69) is 0 Å². The van der Waals surface area contributed by atoms with Crippen molar-refractivity contribution in [2.24, 2.45) is 11.8 Å². The fourth-order valence-corrected chi connectivity index (χ4v) is 6.19. The lowest BCUT2D eigenvalue weighted by Gasteiger charge is -2.35. The summed E-state index contributed by atoms with van der Waals surface area (Å²) in [6.07, 6.45) is 3.78. The van der Waals surface area contributed by atoms with Crippen molar-refractivity contribution in [1.82, 2.24) is 4.90 Å². The smallest absolute Gasteiger partial charge is 0.240 e. The number of hydrogen-bond donors (Lipinski definition) is 0. The number of Topliss-reactive ketones (excluding diaryl/α,β-unsaturated/α-hetero) is 1. The standard InChI is InChI=1S/C29H21ClN2O5/c30-18-7-5-17(6-8-18)27(33)26-24-23(25-20-4-2-1-3-16(20)11-12-31(25)26)28(34)32(29(24)35)19-9-10-21-22(15-19)37-14-13-36-21/h1-12,15,23-26H,13-14H2/t23-,24+,25?,26-/m1/s1. The van der Waals surface area contributed by atoms with Crippen LogP contribution in [0.2, 0.25) is 5.02 Å². The Balaban J connectivity index is 1.35. The Labute approximate surface area is 217 Å². The first-order chi connectivity index (χ1) is 18.0. The van der Waals surface area contributed by atoms with Gasteiger partial charge in [0.1, 0.15) is 19.3 Å². The number of rotatable bonds is 3. The summed E-state index contributed by atoms with van der Waals surface area (Å²) in [6, 6.07) is 18.2. The van der Waals surface area contributed by atoms with E-state index in [1.807, 2.05) is 41.4 Å². The molecule has 0 bridgehead atoms. The van der Waals surface area contributed by atoms with Gasteiger partial charge in [-0.25, -0.2) is 4.90 Å². The lowest BCUT2D eigenvalue weighted by atomic mass is 9.83. The fourth-order valence-electron chi connectivity index (χ4n) is 6.07. The first-order valence-corrected chi connectivity index (χ1v) is 12.5. The Morgan fingerprint density at radius 2 is 1.59 bits per heavy atom. The average Bonchev–Trinajstić information content (AvgIpc) is 3.40. The molecule has 0 aliphatic carbocycles. The minimum Gasteiger partial charge on any atom is -0.486 e. The van der Waals surface area contributed by atoms with Crippen LogP contribution in [-0.2, 0) is 9.59 Å². The van der Waals surface area contributed by atoms with E-state index in [0.717, 1.165) is 11.1 Å². The highest BCUT2D eigenvalue weighted by Crippen LogP contribution is 2.54. The summed E-state index contributed by atoms with van der Waals surface area (Å²) in [4.78, 5) is 45.1. The third kappa shape index (κ3) is 3.23. The molecule has 0 spiro atoms. The molecule has 2 amide bonds. The number of halogens is 1. The van der Waals surface area contributed by atoms with Gasteiger partial charge in [-0.1, -0.05) is 35.9 Å². The molecule has 7 rings (SSSR count). The molecule has 184 valence electrons. The Hall–Kier alpha value is -4.10. The van der Waals surface area contributed by atoms with Crippen LogP contribution in [-0.4, -0.2) is 41.8 Å². The van der Waals surface area contributed by atoms with Gasteiger partial charge in [0, 0.05) is 22.9 Å². The van der Waals surface area contributed by atoms with Crippen LogP contribution < -0.4 is 14.4 Å². The number of nitrogens with zero attached hydrogens (tertiary/aromatic N) is 2. The zero-order valence-corrected chi connectivity index (χ0v) is 20.3. The van der Waals surface area contributed by atoms with Crippen molar-refractivity contribution in [1.29, 1.82) is 0 Å². The average molecular weight is 513 g/mol. The number of hydrogen-bond acceptors (Lipinski definition) is 6. The van der Waals surface area contributed by atoms with Gasteiger partial charge < -0.3 is 14.4 Å². The van der Waals surface area contributed by atoms with Crippen LogP contribution in [0.4, 0.5) is 5.69 Å². The van der Waals surface area contributed by atoms with E-state index in [9.17, 15) is 14.4 Å². The predicted octanol–water partition coefficient (Wildman–Crippen LogP) is 4.51. The molecule has 1 unspecified atom stereocenters. The lowest BCUT2D eigenvalue weighted by molar-refractivity contribution is -0.123. The summed E-state index contributed by atoms with van der Waals surface area (Å²) in [5.41, 5.74) is 2.76. The number of ketones is 1. The van der Waals surface area contributed by atoms with Crippen LogP contribution in [0.15, 0.2) is 72.9 Å². The van der Waals surface area contributed by atoms with Crippen molar-refractivity contribution >= 4 is 41.0 Å². The second-order valence-corrected chi connectivity index (χ2v) is 9.98. The van der Waals surface area contributed by atoms with Crippen LogP contribution in [0.5, 0.6) is 11.5 Å². The van der Waals surface area contributed by atoms with Crippen LogP contribution in [0.3, 0.4) is 0 Å². The molecule has 2 fully saturated rings. The number of fused-ring (bicyclic) bond motifs is 6. The van der Waals surface area contributed by atoms with Gasteiger partial charge in [-0.05, 0) is 53.6 Å². The van der Waals surface area contributed by atoms with Gasteiger partial charge in [0.25, 0.3) is 0 Å². The number of carbonyl (C=O) groups excluding carboxylic acids is 3. The molecule has 4 aliphatic heterocycles. The Morgan fingerprint density at radius 3 is 2.41 bits per heavy atom. The van der Waals surface area contributed by atoms with Gasteiger partial charge in [-0.15, -0.1) is 0 Å². The number of benzene rings is 3. The molecule has 0 N–H and O–H groups in total. The molecule has 8 heteroatoms. The van der Waals surface area contributed by atoms with Gasteiger partial charge in [0.05, 0.1) is 23.6 Å². The molecule has 4 heterocycles. The minimum atomic E-state index is -0.843. The fraction of sp³-hybridized carbons (Fsp3) is 0.207. The third-order valence-corrected chi connectivity index (χ3v) is 7.89. The Bertz CT molecular complexity index is 1500. The van der Waals surface area contributed by atoms with E-state index in [-0.39, 0.29) is 17.6 Å². The molecule has 4 aliphatic rings. The SMILES string of the molecule is O=C(c1ccc(Cl)cc1)[C@H]1[C@H]2C(=O)N(c3ccc4c(c3)OCCO4)C(=O)[C@H]2C2c3ccccc3C=CN21. The molecule has 7 nitrogen and oxygen atoms in total. The van der Waals surface area contributed by atoms with Crippen LogP contribution >= 0.6 is 11.6 Å². The molecule has 0 radical (unpaired) electrons. The number of anilines is 1. The summed E-state index contributed by atoms with van der Waals surface area (Å²) >= 11 is 6.05. The van der Waals surface area contributed by atoms with Crippen molar-refractivity contribution in [2.45, 2.75) is 12.1 Å². The molecule has 2 saturated heterocycles. The number of ether oxygens (including phenoxy) is 2. The van der Waals surface area contributed by atoms with Gasteiger partial charge >= 0.3 is 0 Å². The molecular weight excluding hydrogens is 492 g/mol. The highest BCUT2D eigenvalue weighted by atomic mass is 35.5. The first-order valence-electron chi connectivity index (χ1n) is 12.1. The largest absolute Gasteiger partial charge is 0.486 e.